The molecule has 106 valence electrons. The van der Waals surface area contributed by atoms with Gasteiger partial charge in [0.05, 0.1) is 0 Å². The zero-order chi connectivity index (χ0) is 14.4. The molecule has 2 rings (SSSR count). The van der Waals surface area contributed by atoms with E-state index in [4.69, 9.17) is 5.73 Å². The molecule has 0 heterocycles. The molecule has 0 aliphatic heterocycles. The zero-order valence-electron chi connectivity index (χ0n) is 12.4. The molecule has 0 aliphatic rings. The van der Waals surface area contributed by atoms with Gasteiger partial charge in [-0.2, -0.15) is 0 Å². The van der Waals surface area contributed by atoms with E-state index in [1.54, 1.807) is 0 Å². The molecule has 1 unspecified atom stereocenters. The third-order valence-electron chi connectivity index (χ3n) is 3.62. The number of hydrogen-bond acceptors (Lipinski definition) is 2. The second-order valence-electron chi connectivity index (χ2n) is 5.53. The maximum absolute atomic E-state index is 5.94. The van der Waals surface area contributed by atoms with Crippen LogP contribution >= 0.6 is 0 Å². The SMILES string of the molecule is Cc1cccc(CN(C)CC(CN)c2ccccc2)c1. The summed E-state index contributed by atoms with van der Waals surface area (Å²) >= 11 is 0. The zero-order valence-corrected chi connectivity index (χ0v) is 12.4. The van der Waals surface area contributed by atoms with Crippen LogP contribution in [0.1, 0.15) is 22.6 Å². The van der Waals surface area contributed by atoms with Gasteiger partial charge in [0.15, 0.2) is 0 Å². The van der Waals surface area contributed by atoms with Crippen LogP contribution in [0.15, 0.2) is 54.6 Å². The molecule has 2 aromatic rings. The van der Waals surface area contributed by atoms with Crippen molar-refractivity contribution in [3.8, 4) is 0 Å². The summed E-state index contributed by atoms with van der Waals surface area (Å²) in [4.78, 5) is 2.35. The Morgan fingerprint density at radius 2 is 1.80 bits per heavy atom. The minimum Gasteiger partial charge on any atom is -0.330 e. The quantitative estimate of drug-likeness (QED) is 0.872. The smallest absolute Gasteiger partial charge is 0.0231 e. The van der Waals surface area contributed by atoms with E-state index in [-0.39, 0.29) is 0 Å². The Labute approximate surface area is 122 Å². The van der Waals surface area contributed by atoms with Gasteiger partial charge in [-0.15, -0.1) is 0 Å². The van der Waals surface area contributed by atoms with Crippen LogP contribution in [0.2, 0.25) is 0 Å². The normalized spacial score (nSPS) is 12.6. The van der Waals surface area contributed by atoms with E-state index in [1.165, 1.54) is 16.7 Å². The summed E-state index contributed by atoms with van der Waals surface area (Å²) in [6.07, 6.45) is 0. The molecular weight excluding hydrogens is 244 g/mol. The lowest BCUT2D eigenvalue weighted by Gasteiger charge is -2.23. The Balaban J connectivity index is 1.97. The second-order valence-corrected chi connectivity index (χ2v) is 5.53. The van der Waals surface area contributed by atoms with Crippen LogP contribution in [0.3, 0.4) is 0 Å². The number of nitrogens with zero attached hydrogens (tertiary/aromatic N) is 1. The van der Waals surface area contributed by atoms with Gasteiger partial charge < -0.3 is 10.6 Å². The first-order chi connectivity index (χ1) is 9.69. The van der Waals surface area contributed by atoms with Crippen LogP contribution < -0.4 is 5.73 Å². The molecule has 0 saturated carbocycles. The Morgan fingerprint density at radius 3 is 2.45 bits per heavy atom. The second kappa shape index (κ2) is 7.22. The lowest BCUT2D eigenvalue weighted by Crippen LogP contribution is -2.28. The van der Waals surface area contributed by atoms with E-state index < -0.39 is 0 Å². The van der Waals surface area contributed by atoms with Crippen molar-refractivity contribution in [2.75, 3.05) is 20.1 Å². The summed E-state index contributed by atoms with van der Waals surface area (Å²) in [5.74, 6) is 0.394. The molecular formula is C18H24N2. The van der Waals surface area contributed by atoms with Crippen molar-refractivity contribution < 1.29 is 0 Å². The molecule has 0 amide bonds. The van der Waals surface area contributed by atoms with E-state index in [2.05, 4.69) is 67.4 Å². The molecule has 0 spiro atoms. The minimum absolute atomic E-state index is 0.394. The molecule has 1 atom stereocenters. The van der Waals surface area contributed by atoms with Gasteiger partial charge in [-0.05, 0) is 25.1 Å². The lowest BCUT2D eigenvalue weighted by molar-refractivity contribution is 0.305. The van der Waals surface area contributed by atoms with Gasteiger partial charge in [0.1, 0.15) is 0 Å². The Morgan fingerprint density at radius 1 is 1.05 bits per heavy atom. The van der Waals surface area contributed by atoms with Crippen molar-refractivity contribution >= 4 is 0 Å². The first kappa shape index (κ1) is 14.8. The minimum atomic E-state index is 0.394. The van der Waals surface area contributed by atoms with Gasteiger partial charge in [0, 0.05) is 25.6 Å². The predicted molar refractivity (Wildman–Crippen MR) is 85.8 cm³/mol. The maximum Gasteiger partial charge on any atom is 0.0231 e. The van der Waals surface area contributed by atoms with E-state index in [0.717, 1.165) is 13.1 Å². The number of rotatable bonds is 6. The van der Waals surface area contributed by atoms with Gasteiger partial charge >= 0.3 is 0 Å². The maximum atomic E-state index is 5.94. The van der Waals surface area contributed by atoms with Crippen LogP contribution in [0.4, 0.5) is 0 Å². The molecule has 0 radical (unpaired) electrons. The number of aryl methyl sites for hydroxylation is 1. The van der Waals surface area contributed by atoms with Crippen LogP contribution in [-0.4, -0.2) is 25.0 Å². The lowest BCUT2D eigenvalue weighted by atomic mass is 9.98. The third-order valence-corrected chi connectivity index (χ3v) is 3.62. The van der Waals surface area contributed by atoms with Crippen molar-refractivity contribution in [1.29, 1.82) is 0 Å². The van der Waals surface area contributed by atoms with E-state index >= 15 is 0 Å². The summed E-state index contributed by atoms with van der Waals surface area (Å²) in [5, 5.41) is 0. The molecule has 0 aliphatic carbocycles. The molecule has 0 fully saturated rings. The van der Waals surface area contributed by atoms with Gasteiger partial charge in [0.2, 0.25) is 0 Å². The monoisotopic (exact) mass is 268 g/mol. The fraction of sp³-hybridized carbons (Fsp3) is 0.333. The fourth-order valence-electron chi connectivity index (χ4n) is 2.60. The first-order valence-electron chi connectivity index (χ1n) is 7.18. The van der Waals surface area contributed by atoms with Crippen LogP contribution in [0.25, 0.3) is 0 Å². The molecule has 0 bridgehead atoms. The van der Waals surface area contributed by atoms with Crippen molar-refractivity contribution in [2.24, 2.45) is 5.73 Å². The predicted octanol–water partition coefficient (Wildman–Crippen LogP) is 3.17. The summed E-state index contributed by atoms with van der Waals surface area (Å²) in [6.45, 7) is 4.76. The van der Waals surface area contributed by atoms with Crippen molar-refractivity contribution in [1.82, 2.24) is 4.90 Å². The number of hydrogen-bond donors (Lipinski definition) is 1. The van der Waals surface area contributed by atoms with Crippen molar-refractivity contribution in [2.45, 2.75) is 19.4 Å². The van der Waals surface area contributed by atoms with E-state index in [1.807, 2.05) is 6.07 Å². The molecule has 2 heteroatoms. The standard InChI is InChI=1S/C18H24N2/c1-15-7-6-8-16(11-15)13-20(2)14-18(12-19)17-9-4-3-5-10-17/h3-11,18H,12-14,19H2,1-2H3. The summed E-state index contributed by atoms with van der Waals surface area (Å²) in [7, 11) is 2.16. The molecule has 2 nitrogen and oxygen atoms in total. The van der Waals surface area contributed by atoms with Gasteiger partial charge in [-0.1, -0.05) is 60.2 Å². The Hall–Kier alpha value is -1.64. The topological polar surface area (TPSA) is 29.3 Å². The number of benzene rings is 2. The van der Waals surface area contributed by atoms with Crippen LogP contribution in [0.5, 0.6) is 0 Å². The molecule has 0 saturated heterocycles. The molecule has 20 heavy (non-hydrogen) atoms. The van der Waals surface area contributed by atoms with Crippen molar-refractivity contribution in [3.05, 3.63) is 71.3 Å². The highest BCUT2D eigenvalue weighted by Crippen LogP contribution is 2.16. The third kappa shape index (κ3) is 4.19. The van der Waals surface area contributed by atoms with Crippen LogP contribution in [0, 0.1) is 6.92 Å². The highest BCUT2D eigenvalue weighted by atomic mass is 15.1. The molecule has 2 N–H and O–H groups in total. The van der Waals surface area contributed by atoms with Gasteiger partial charge in [-0.25, -0.2) is 0 Å². The highest BCUT2D eigenvalue weighted by molar-refractivity contribution is 5.23. The van der Waals surface area contributed by atoms with Crippen molar-refractivity contribution in [3.63, 3.8) is 0 Å². The number of likely N-dealkylation sites (N-methyl/N-ethyl adjacent to an activating group) is 1. The van der Waals surface area contributed by atoms with E-state index in [0.29, 0.717) is 12.5 Å². The van der Waals surface area contributed by atoms with E-state index in [9.17, 15) is 0 Å². The summed E-state index contributed by atoms with van der Waals surface area (Å²) in [5.41, 5.74) is 9.94. The largest absolute Gasteiger partial charge is 0.330 e. The average Bonchev–Trinajstić information content (AvgIpc) is 2.45. The molecule has 0 aromatic heterocycles. The summed E-state index contributed by atoms with van der Waals surface area (Å²) in [6, 6.07) is 19.2. The Kier molecular flexibility index (Phi) is 5.33. The first-order valence-corrected chi connectivity index (χ1v) is 7.18. The highest BCUT2D eigenvalue weighted by Gasteiger charge is 2.12. The van der Waals surface area contributed by atoms with Crippen LogP contribution in [-0.2, 0) is 6.54 Å². The fourth-order valence-corrected chi connectivity index (χ4v) is 2.60. The average molecular weight is 268 g/mol. The Bertz CT molecular complexity index is 522. The van der Waals surface area contributed by atoms with Gasteiger partial charge in [-0.3, -0.25) is 0 Å². The number of nitrogens with two attached hydrogens (primary N) is 1. The van der Waals surface area contributed by atoms with Gasteiger partial charge in [0.25, 0.3) is 0 Å². The molecule has 2 aromatic carbocycles. The summed E-state index contributed by atoms with van der Waals surface area (Å²) < 4.78 is 0.